The van der Waals surface area contributed by atoms with E-state index >= 15 is 0 Å². The Morgan fingerprint density at radius 1 is 1.09 bits per heavy atom. The van der Waals surface area contributed by atoms with Crippen LogP contribution in [0.3, 0.4) is 0 Å². The summed E-state index contributed by atoms with van der Waals surface area (Å²) in [5.41, 5.74) is 2.73. The maximum Gasteiger partial charge on any atom is 0.0826 e. The highest BCUT2D eigenvalue weighted by atomic mass is 16.5. The Labute approximate surface area is 134 Å². The zero-order chi connectivity index (χ0) is 15.2. The quantitative estimate of drug-likeness (QED) is 0.901. The lowest BCUT2D eigenvalue weighted by atomic mass is 10.1. The number of hydrogen-bond acceptors (Lipinski definition) is 4. The Balaban J connectivity index is 1.42. The number of morpholine rings is 1. The molecule has 0 aromatic heterocycles. The Morgan fingerprint density at radius 2 is 1.86 bits per heavy atom. The van der Waals surface area contributed by atoms with Gasteiger partial charge >= 0.3 is 0 Å². The number of hydrogen-bond donors (Lipinski definition) is 1. The molecule has 0 saturated carbocycles. The predicted octanol–water partition coefficient (Wildman–Crippen LogP) is 2.10. The molecule has 2 heterocycles. The van der Waals surface area contributed by atoms with Gasteiger partial charge in [-0.2, -0.15) is 0 Å². The van der Waals surface area contributed by atoms with Gasteiger partial charge in [-0.15, -0.1) is 0 Å². The normalized spacial score (nSPS) is 23.7. The molecule has 0 aliphatic carbocycles. The van der Waals surface area contributed by atoms with Crippen LogP contribution in [0.1, 0.15) is 24.8 Å². The van der Waals surface area contributed by atoms with E-state index in [1.807, 2.05) is 0 Å². The van der Waals surface area contributed by atoms with Crippen LogP contribution in [0.15, 0.2) is 24.3 Å². The van der Waals surface area contributed by atoms with Gasteiger partial charge in [-0.05, 0) is 44.0 Å². The lowest BCUT2D eigenvalue weighted by Crippen LogP contribution is -2.44. The van der Waals surface area contributed by atoms with E-state index in [4.69, 9.17) is 4.74 Å². The molecule has 0 unspecified atom stereocenters. The van der Waals surface area contributed by atoms with Crippen molar-refractivity contribution in [3.8, 4) is 0 Å². The van der Waals surface area contributed by atoms with Crippen LogP contribution in [0, 0.1) is 0 Å². The second-order valence-electron chi connectivity index (χ2n) is 6.60. The van der Waals surface area contributed by atoms with Gasteiger partial charge in [0.15, 0.2) is 0 Å². The van der Waals surface area contributed by atoms with Gasteiger partial charge < -0.3 is 19.9 Å². The van der Waals surface area contributed by atoms with Crippen LogP contribution in [-0.4, -0.2) is 57.4 Å². The summed E-state index contributed by atoms with van der Waals surface area (Å²) in [6.45, 7) is 7.21. The largest absolute Gasteiger partial charge is 0.374 e. The SMILES string of the molecule is CN1CCO[C@H](CNCc2ccc(N3CCCCC3)cc2)C1. The fraction of sp³-hybridized carbons (Fsp3) is 0.667. The molecule has 0 amide bonds. The van der Waals surface area contributed by atoms with E-state index in [-0.39, 0.29) is 0 Å². The number of likely N-dealkylation sites (N-methyl/N-ethyl adjacent to an activating group) is 1. The summed E-state index contributed by atoms with van der Waals surface area (Å²) in [6.07, 6.45) is 4.38. The molecule has 0 bridgehead atoms. The maximum atomic E-state index is 5.77. The topological polar surface area (TPSA) is 27.7 Å². The Bertz CT molecular complexity index is 442. The molecule has 0 radical (unpaired) electrons. The smallest absolute Gasteiger partial charge is 0.0826 e. The molecule has 122 valence electrons. The molecule has 1 aromatic carbocycles. The van der Waals surface area contributed by atoms with Gasteiger partial charge in [0.05, 0.1) is 12.7 Å². The number of rotatable bonds is 5. The van der Waals surface area contributed by atoms with Crippen LogP contribution in [0.25, 0.3) is 0 Å². The van der Waals surface area contributed by atoms with Crippen molar-refractivity contribution in [1.82, 2.24) is 10.2 Å². The van der Waals surface area contributed by atoms with E-state index in [1.165, 1.54) is 43.6 Å². The van der Waals surface area contributed by atoms with E-state index in [2.05, 4.69) is 46.4 Å². The van der Waals surface area contributed by atoms with E-state index < -0.39 is 0 Å². The highest BCUT2D eigenvalue weighted by molar-refractivity contribution is 5.47. The van der Waals surface area contributed by atoms with Crippen LogP contribution in [0.4, 0.5) is 5.69 Å². The van der Waals surface area contributed by atoms with Crippen LogP contribution >= 0.6 is 0 Å². The highest BCUT2D eigenvalue weighted by Gasteiger charge is 2.16. The third-order valence-corrected chi connectivity index (χ3v) is 4.70. The standard InChI is InChI=1S/C18H29N3O/c1-20-11-12-22-18(15-20)14-19-13-16-5-7-17(8-6-16)21-9-3-2-4-10-21/h5-8,18-19H,2-4,9-15H2,1H3/t18-/m1/s1. The predicted molar refractivity (Wildman–Crippen MR) is 91.4 cm³/mol. The minimum atomic E-state index is 0.325. The highest BCUT2D eigenvalue weighted by Crippen LogP contribution is 2.20. The van der Waals surface area contributed by atoms with Crippen molar-refractivity contribution < 1.29 is 4.74 Å². The minimum absolute atomic E-state index is 0.325. The van der Waals surface area contributed by atoms with Gasteiger partial charge in [-0.3, -0.25) is 0 Å². The molecule has 3 rings (SSSR count). The molecular formula is C18H29N3O. The van der Waals surface area contributed by atoms with Gasteiger partial charge in [-0.25, -0.2) is 0 Å². The molecule has 1 atom stereocenters. The molecule has 22 heavy (non-hydrogen) atoms. The fourth-order valence-electron chi connectivity index (χ4n) is 3.34. The van der Waals surface area contributed by atoms with Gasteiger partial charge in [0.1, 0.15) is 0 Å². The van der Waals surface area contributed by atoms with E-state index in [0.717, 1.165) is 32.8 Å². The summed E-state index contributed by atoms with van der Waals surface area (Å²) in [5, 5.41) is 3.53. The zero-order valence-electron chi connectivity index (χ0n) is 13.8. The van der Waals surface area contributed by atoms with Gasteiger partial charge in [0.25, 0.3) is 0 Å². The number of ether oxygens (including phenoxy) is 1. The average molecular weight is 303 g/mol. The van der Waals surface area contributed by atoms with Gasteiger partial charge in [0, 0.05) is 45.0 Å². The van der Waals surface area contributed by atoms with Crippen LogP contribution < -0.4 is 10.2 Å². The molecule has 2 aliphatic heterocycles. The number of nitrogens with zero attached hydrogens (tertiary/aromatic N) is 2. The summed E-state index contributed by atoms with van der Waals surface area (Å²) in [6, 6.07) is 9.05. The fourth-order valence-corrected chi connectivity index (χ4v) is 3.34. The third kappa shape index (κ3) is 4.45. The first-order valence-electron chi connectivity index (χ1n) is 8.66. The summed E-state index contributed by atoms with van der Waals surface area (Å²) < 4.78 is 5.77. The molecule has 2 saturated heterocycles. The summed E-state index contributed by atoms with van der Waals surface area (Å²) in [4.78, 5) is 4.84. The van der Waals surface area contributed by atoms with E-state index in [0.29, 0.717) is 6.10 Å². The van der Waals surface area contributed by atoms with Crippen molar-refractivity contribution in [3.63, 3.8) is 0 Å². The van der Waals surface area contributed by atoms with Gasteiger partial charge in [-0.1, -0.05) is 12.1 Å². The molecular weight excluding hydrogens is 274 g/mol. The van der Waals surface area contributed by atoms with Crippen molar-refractivity contribution in [2.24, 2.45) is 0 Å². The van der Waals surface area contributed by atoms with Crippen LogP contribution in [0.5, 0.6) is 0 Å². The Morgan fingerprint density at radius 3 is 2.59 bits per heavy atom. The first-order chi connectivity index (χ1) is 10.8. The van der Waals surface area contributed by atoms with Crippen molar-refractivity contribution >= 4 is 5.69 Å². The monoisotopic (exact) mass is 303 g/mol. The molecule has 1 aromatic rings. The van der Waals surface area contributed by atoms with Crippen molar-refractivity contribution in [2.45, 2.75) is 31.9 Å². The number of benzene rings is 1. The maximum absolute atomic E-state index is 5.77. The lowest BCUT2D eigenvalue weighted by molar-refractivity contribution is -0.0182. The Hall–Kier alpha value is -1.10. The van der Waals surface area contributed by atoms with Gasteiger partial charge in [0.2, 0.25) is 0 Å². The van der Waals surface area contributed by atoms with Crippen molar-refractivity contribution in [3.05, 3.63) is 29.8 Å². The summed E-state index contributed by atoms with van der Waals surface area (Å²) >= 11 is 0. The molecule has 0 spiro atoms. The van der Waals surface area contributed by atoms with E-state index in [9.17, 15) is 0 Å². The molecule has 4 heteroatoms. The minimum Gasteiger partial charge on any atom is -0.374 e. The Kier molecular flexibility index (Phi) is 5.70. The first kappa shape index (κ1) is 15.8. The first-order valence-corrected chi connectivity index (χ1v) is 8.66. The van der Waals surface area contributed by atoms with E-state index in [1.54, 1.807) is 0 Å². The van der Waals surface area contributed by atoms with Crippen molar-refractivity contribution in [1.29, 1.82) is 0 Å². The lowest BCUT2D eigenvalue weighted by Gasteiger charge is -2.30. The number of anilines is 1. The van der Waals surface area contributed by atoms with Crippen molar-refractivity contribution in [2.75, 3.05) is 51.3 Å². The summed E-state index contributed by atoms with van der Waals surface area (Å²) in [7, 11) is 2.16. The molecule has 2 fully saturated rings. The zero-order valence-corrected chi connectivity index (χ0v) is 13.8. The van der Waals surface area contributed by atoms with Crippen LogP contribution in [-0.2, 0) is 11.3 Å². The molecule has 4 nitrogen and oxygen atoms in total. The molecule has 1 N–H and O–H groups in total. The second-order valence-corrected chi connectivity index (χ2v) is 6.60. The second kappa shape index (κ2) is 7.95. The third-order valence-electron chi connectivity index (χ3n) is 4.70. The summed E-state index contributed by atoms with van der Waals surface area (Å²) in [5.74, 6) is 0. The molecule has 2 aliphatic rings. The number of piperidine rings is 1. The number of nitrogens with one attached hydrogen (secondary N) is 1. The van der Waals surface area contributed by atoms with Crippen LogP contribution in [0.2, 0.25) is 0 Å². The average Bonchev–Trinajstić information content (AvgIpc) is 2.56.